The van der Waals surface area contributed by atoms with Crippen molar-refractivity contribution in [2.75, 3.05) is 17.9 Å². The number of benzene rings is 1. The molecule has 1 atom stereocenters. The summed E-state index contributed by atoms with van der Waals surface area (Å²) in [5.74, 6) is 0.169. The molecule has 0 N–H and O–H groups in total. The van der Waals surface area contributed by atoms with Crippen molar-refractivity contribution in [2.45, 2.75) is 11.8 Å². The molecule has 1 unspecified atom stereocenters. The van der Waals surface area contributed by atoms with Gasteiger partial charge in [-0.15, -0.1) is 15.4 Å². The van der Waals surface area contributed by atoms with Crippen molar-refractivity contribution in [1.82, 2.24) is 0 Å². The van der Waals surface area contributed by atoms with Gasteiger partial charge in [0.2, 0.25) is 0 Å². The first-order valence-corrected chi connectivity index (χ1v) is 8.92. The first-order chi connectivity index (χ1) is 7.77. The first kappa shape index (κ1) is 14.5. The Hall–Kier alpha value is -0.590. The van der Waals surface area contributed by atoms with Gasteiger partial charge in [0, 0.05) is 17.9 Å². The Bertz CT molecular complexity index is 599. The number of rotatable bonds is 4. The van der Waals surface area contributed by atoms with Gasteiger partial charge in [-0.25, -0.2) is 4.21 Å². The highest BCUT2D eigenvalue weighted by molar-refractivity contribution is 8.03. The van der Waals surface area contributed by atoms with Gasteiger partial charge in [0.1, 0.15) is 0 Å². The topological polar surface area (TPSA) is 63.6 Å². The fourth-order valence-electron chi connectivity index (χ4n) is 1.14. The Morgan fingerprint density at radius 2 is 1.71 bits per heavy atom. The maximum absolute atomic E-state index is 11.8. The summed E-state index contributed by atoms with van der Waals surface area (Å²) in [5, 5.41) is 0. The Morgan fingerprint density at radius 3 is 2.18 bits per heavy atom. The quantitative estimate of drug-likeness (QED) is 0.798. The van der Waals surface area contributed by atoms with E-state index in [9.17, 15) is 12.6 Å². The smallest absolute Gasteiger partial charge is 0.249 e. The highest BCUT2D eigenvalue weighted by Crippen LogP contribution is 2.15. The third-order valence-corrected chi connectivity index (χ3v) is 6.32. The van der Waals surface area contributed by atoms with Crippen LogP contribution in [0.5, 0.6) is 0 Å². The van der Waals surface area contributed by atoms with Crippen LogP contribution in [-0.2, 0) is 19.8 Å². The normalized spacial score (nSPS) is 15.2. The van der Waals surface area contributed by atoms with Crippen LogP contribution in [0.1, 0.15) is 5.56 Å². The third-order valence-electron chi connectivity index (χ3n) is 2.03. The molecule has 96 valence electrons. The van der Waals surface area contributed by atoms with E-state index < -0.39 is 19.8 Å². The van der Waals surface area contributed by atoms with Crippen LogP contribution in [0.3, 0.4) is 0 Å². The average Bonchev–Trinajstić information content (AvgIpc) is 2.16. The average molecular weight is 296 g/mol. The standard InChI is InChI=1S/C10H14ClNO3S2/c1-9-3-5-10(6-4-9)17(14,15)12-16(2,13)8-7-11/h3-6H,7-8H2,1-2H3. The summed E-state index contributed by atoms with van der Waals surface area (Å²) in [5.41, 5.74) is 0.946. The molecular weight excluding hydrogens is 282 g/mol. The van der Waals surface area contributed by atoms with Crippen LogP contribution in [-0.4, -0.2) is 30.5 Å². The van der Waals surface area contributed by atoms with E-state index in [-0.39, 0.29) is 16.5 Å². The van der Waals surface area contributed by atoms with E-state index in [4.69, 9.17) is 11.6 Å². The van der Waals surface area contributed by atoms with E-state index in [1.807, 2.05) is 6.92 Å². The highest BCUT2D eigenvalue weighted by atomic mass is 35.5. The molecule has 4 nitrogen and oxygen atoms in total. The van der Waals surface area contributed by atoms with Gasteiger partial charge in [-0.3, -0.25) is 0 Å². The zero-order valence-corrected chi connectivity index (χ0v) is 12.0. The summed E-state index contributed by atoms with van der Waals surface area (Å²) in [7, 11) is -6.66. The van der Waals surface area contributed by atoms with Crippen molar-refractivity contribution in [3.8, 4) is 0 Å². The minimum Gasteiger partial charge on any atom is -0.249 e. The number of hydrogen-bond acceptors (Lipinski definition) is 3. The van der Waals surface area contributed by atoms with Gasteiger partial charge in [0.15, 0.2) is 0 Å². The van der Waals surface area contributed by atoms with Crippen LogP contribution in [0.4, 0.5) is 0 Å². The molecule has 1 aromatic carbocycles. The maximum atomic E-state index is 11.8. The van der Waals surface area contributed by atoms with E-state index in [1.165, 1.54) is 18.4 Å². The monoisotopic (exact) mass is 295 g/mol. The summed E-state index contributed by atoms with van der Waals surface area (Å²) in [6, 6.07) is 6.23. The Labute approximate surface area is 107 Å². The molecule has 1 aromatic rings. The minimum atomic E-state index is -3.87. The van der Waals surface area contributed by atoms with Gasteiger partial charge in [0.05, 0.1) is 14.6 Å². The molecule has 0 aliphatic rings. The molecule has 0 bridgehead atoms. The summed E-state index contributed by atoms with van der Waals surface area (Å²) in [4.78, 5) is 0.0484. The van der Waals surface area contributed by atoms with Crippen molar-refractivity contribution in [2.24, 2.45) is 3.77 Å². The Kier molecular flexibility index (Phi) is 4.57. The summed E-state index contributed by atoms with van der Waals surface area (Å²) in [6.45, 7) is 1.85. The predicted octanol–water partition coefficient (Wildman–Crippen LogP) is 2.02. The number of hydrogen-bond donors (Lipinski definition) is 0. The number of halogens is 1. The second-order valence-corrected chi connectivity index (χ2v) is 8.44. The molecule has 17 heavy (non-hydrogen) atoms. The van der Waals surface area contributed by atoms with Gasteiger partial charge in [0.25, 0.3) is 10.0 Å². The summed E-state index contributed by atoms with van der Waals surface area (Å²) >= 11 is 5.45. The number of aryl methyl sites for hydroxylation is 1. The molecule has 0 saturated heterocycles. The molecule has 0 fully saturated rings. The van der Waals surface area contributed by atoms with Crippen molar-refractivity contribution in [3.63, 3.8) is 0 Å². The minimum absolute atomic E-state index is 0.0484. The fraction of sp³-hybridized carbons (Fsp3) is 0.400. The number of nitrogens with zero attached hydrogens (tertiary/aromatic N) is 1. The SMILES string of the molecule is Cc1ccc(S(=O)(=O)N=S(C)(=O)CCCl)cc1. The van der Waals surface area contributed by atoms with E-state index >= 15 is 0 Å². The van der Waals surface area contributed by atoms with Gasteiger partial charge in [-0.2, -0.15) is 8.42 Å². The van der Waals surface area contributed by atoms with Gasteiger partial charge < -0.3 is 0 Å². The lowest BCUT2D eigenvalue weighted by Gasteiger charge is -2.03. The second-order valence-electron chi connectivity index (χ2n) is 3.72. The molecule has 1 rings (SSSR count). The highest BCUT2D eigenvalue weighted by Gasteiger charge is 2.15. The van der Waals surface area contributed by atoms with Gasteiger partial charge in [-0.05, 0) is 19.1 Å². The van der Waals surface area contributed by atoms with Crippen molar-refractivity contribution in [3.05, 3.63) is 29.8 Å². The van der Waals surface area contributed by atoms with Crippen LogP contribution < -0.4 is 0 Å². The van der Waals surface area contributed by atoms with E-state index in [1.54, 1.807) is 12.1 Å². The molecule has 0 aromatic heterocycles. The van der Waals surface area contributed by atoms with Crippen LogP contribution in [0.2, 0.25) is 0 Å². The van der Waals surface area contributed by atoms with Gasteiger partial charge >= 0.3 is 0 Å². The third kappa shape index (κ3) is 4.29. The first-order valence-electron chi connectivity index (χ1n) is 4.85. The lowest BCUT2D eigenvalue weighted by atomic mass is 10.2. The predicted molar refractivity (Wildman–Crippen MR) is 70.4 cm³/mol. The van der Waals surface area contributed by atoms with E-state index in [2.05, 4.69) is 3.77 Å². The Morgan fingerprint density at radius 1 is 1.18 bits per heavy atom. The largest absolute Gasteiger partial charge is 0.290 e. The zero-order chi connectivity index (χ0) is 13.1. The molecule has 7 heteroatoms. The van der Waals surface area contributed by atoms with Crippen molar-refractivity contribution >= 4 is 31.4 Å². The van der Waals surface area contributed by atoms with Crippen LogP contribution in [0.15, 0.2) is 32.9 Å². The molecular formula is C10H14ClNO3S2. The molecule has 0 amide bonds. The number of sulfonamides is 1. The fourth-order valence-corrected chi connectivity index (χ4v) is 5.07. The lowest BCUT2D eigenvalue weighted by molar-refractivity contribution is 0.598. The van der Waals surface area contributed by atoms with E-state index in [0.29, 0.717) is 0 Å². The lowest BCUT2D eigenvalue weighted by Crippen LogP contribution is -2.08. The van der Waals surface area contributed by atoms with Crippen LogP contribution in [0, 0.1) is 6.92 Å². The second kappa shape index (κ2) is 5.37. The van der Waals surface area contributed by atoms with Gasteiger partial charge in [-0.1, -0.05) is 17.7 Å². The van der Waals surface area contributed by atoms with E-state index in [0.717, 1.165) is 5.56 Å². The Balaban J connectivity index is 3.22. The molecule has 0 radical (unpaired) electrons. The number of alkyl halides is 1. The molecule has 0 aliphatic heterocycles. The molecule has 0 spiro atoms. The van der Waals surface area contributed by atoms with Crippen molar-refractivity contribution < 1.29 is 12.6 Å². The van der Waals surface area contributed by atoms with Crippen LogP contribution >= 0.6 is 11.6 Å². The van der Waals surface area contributed by atoms with Crippen molar-refractivity contribution in [1.29, 1.82) is 0 Å². The molecule has 0 heterocycles. The summed E-state index contributed by atoms with van der Waals surface area (Å²) < 4.78 is 38.9. The maximum Gasteiger partial charge on any atom is 0.290 e. The molecule has 0 saturated carbocycles. The molecule has 0 aliphatic carbocycles. The zero-order valence-electron chi connectivity index (χ0n) is 9.59. The summed E-state index contributed by atoms with van der Waals surface area (Å²) in [6.07, 6.45) is 1.29. The van der Waals surface area contributed by atoms with Crippen LogP contribution in [0.25, 0.3) is 0 Å².